The summed E-state index contributed by atoms with van der Waals surface area (Å²) in [6, 6.07) is 28.0. The fourth-order valence-corrected chi connectivity index (χ4v) is 3.76. The zero-order chi connectivity index (χ0) is 23.6. The summed E-state index contributed by atoms with van der Waals surface area (Å²) in [5.74, 6) is 0.728. The number of nitrogens with one attached hydrogen (secondary N) is 4. The number of rotatable bonds is 10. The third-order valence-corrected chi connectivity index (χ3v) is 5.65. The number of hydrogen-bond donors (Lipinski definition) is 4. The molecule has 4 rings (SSSR count). The maximum Gasteiger partial charge on any atom is 0.251 e. The molecule has 0 aromatic heterocycles. The van der Waals surface area contributed by atoms with Crippen LogP contribution in [0.25, 0.3) is 5.70 Å². The Kier molecular flexibility index (Phi) is 7.98. The minimum absolute atomic E-state index is 0.0746. The molecule has 0 saturated heterocycles. The van der Waals surface area contributed by atoms with Gasteiger partial charge in [0.1, 0.15) is 5.82 Å². The Balaban J connectivity index is 1.29. The zero-order valence-electron chi connectivity index (χ0n) is 19.4. The minimum Gasteiger partial charge on any atom is -0.351 e. The van der Waals surface area contributed by atoms with Crippen molar-refractivity contribution in [3.8, 4) is 0 Å². The van der Waals surface area contributed by atoms with Crippen LogP contribution in [-0.2, 0) is 6.54 Å². The molecule has 0 radical (unpaired) electrons. The summed E-state index contributed by atoms with van der Waals surface area (Å²) in [5.41, 5.74) is 11.2. The van der Waals surface area contributed by atoms with E-state index in [0.717, 1.165) is 42.4 Å². The van der Waals surface area contributed by atoms with E-state index in [4.69, 9.17) is 0 Å². The molecule has 34 heavy (non-hydrogen) atoms. The van der Waals surface area contributed by atoms with E-state index in [-0.39, 0.29) is 5.91 Å². The second-order valence-electron chi connectivity index (χ2n) is 8.09. The van der Waals surface area contributed by atoms with Crippen LogP contribution in [0.3, 0.4) is 0 Å². The Bertz CT molecular complexity index is 1140. The molecule has 1 aliphatic heterocycles. The summed E-state index contributed by atoms with van der Waals surface area (Å²) in [6.45, 7) is 5.35. The Morgan fingerprint density at radius 1 is 0.882 bits per heavy atom. The van der Waals surface area contributed by atoms with Crippen molar-refractivity contribution in [1.29, 1.82) is 0 Å². The highest BCUT2D eigenvalue weighted by atomic mass is 16.1. The highest BCUT2D eigenvalue weighted by Gasteiger charge is 2.10. The molecule has 1 heterocycles. The second kappa shape index (κ2) is 11.7. The first kappa shape index (κ1) is 23.1. The Morgan fingerprint density at radius 3 is 2.35 bits per heavy atom. The number of hydrogen-bond acceptors (Lipinski definition) is 5. The summed E-state index contributed by atoms with van der Waals surface area (Å²) >= 11 is 0. The molecule has 3 aromatic carbocycles. The largest absolute Gasteiger partial charge is 0.351 e. The lowest BCUT2D eigenvalue weighted by Gasteiger charge is -2.21. The summed E-state index contributed by atoms with van der Waals surface area (Å²) in [6.07, 6.45) is 3.98. The Labute approximate surface area is 201 Å². The van der Waals surface area contributed by atoms with Gasteiger partial charge in [0.2, 0.25) is 0 Å². The fourth-order valence-electron chi connectivity index (χ4n) is 3.76. The quantitative estimate of drug-likeness (QED) is 0.368. The summed E-state index contributed by atoms with van der Waals surface area (Å²) < 4.78 is 0. The molecule has 0 aliphatic carbocycles. The standard InChI is InChI=1S/C28H31N5O/c1-2-33(21-22-10-5-3-6-11-22)19-18-29-28(34)24-14-9-15-25(20-24)30-27-17-16-26(31-32-27)23-12-7-4-8-13-23/h3-17,20,30-32H,2,18-19,21H2,1H3,(H,29,34). The van der Waals surface area contributed by atoms with Gasteiger partial charge in [-0.2, -0.15) is 0 Å². The number of likely N-dealkylation sites (N-methyl/N-ethyl adjacent to an activating group) is 1. The van der Waals surface area contributed by atoms with Gasteiger partial charge in [-0.1, -0.05) is 73.7 Å². The van der Waals surface area contributed by atoms with E-state index in [1.165, 1.54) is 5.56 Å². The highest BCUT2D eigenvalue weighted by Crippen LogP contribution is 2.16. The van der Waals surface area contributed by atoms with E-state index in [1.54, 1.807) is 0 Å². The predicted octanol–water partition coefficient (Wildman–Crippen LogP) is 4.34. The molecule has 0 spiro atoms. The van der Waals surface area contributed by atoms with Crippen LogP contribution in [0.5, 0.6) is 0 Å². The van der Waals surface area contributed by atoms with E-state index in [9.17, 15) is 4.79 Å². The van der Waals surface area contributed by atoms with Crippen molar-refractivity contribution in [3.63, 3.8) is 0 Å². The lowest BCUT2D eigenvalue weighted by molar-refractivity contribution is 0.0948. The molecular weight excluding hydrogens is 422 g/mol. The molecule has 0 atom stereocenters. The summed E-state index contributed by atoms with van der Waals surface area (Å²) in [5, 5.41) is 6.36. The maximum atomic E-state index is 12.7. The van der Waals surface area contributed by atoms with Crippen molar-refractivity contribution in [1.82, 2.24) is 21.1 Å². The van der Waals surface area contributed by atoms with Crippen LogP contribution in [0.15, 0.2) is 103 Å². The van der Waals surface area contributed by atoms with E-state index in [1.807, 2.05) is 60.7 Å². The number of carbonyl (C=O) groups excluding carboxylic acids is 1. The van der Waals surface area contributed by atoms with Crippen LogP contribution in [0.4, 0.5) is 5.69 Å². The molecule has 4 N–H and O–H groups in total. The van der Waals surface area contributed by atoms with Crippen molar-refractivity contribution in [2.24, 2.45) is 0 Å². The zero-order valence-corrected chi connectivity index (χ0v) is 19.4. The van der Waals surface area contributed by atoms with Crippen LogP contribution < -0.4 is 21.5 Å². The van der Waals surface area contributed by atoms with Gasteiger partial charge in [-0.3, -0.25) is 20.5 Å². The van der Waals surface area contributed by atoms with Crippen molar-refractivity contribution in [3.05, 3.63) is 120 Å². The molecule has 174 valence electrons. The normalized spacial score (nSPS) is 12.8. The number of amides is 1. The van der Waals surface area contributed by atoms with Crippen molar-refractivity contribution < 1.29 is 4.79 Å². The molecule has 0 bridgehead atoms. The molecule has 1 amide bonds. The molecule has 3 aromatic rings. The van der Waals surface area contributed by atoms with E-state index >= 15 is 0 Å². The van der Waals surface area contributed by atoms with Gasteiger partial charge in [-0.15, -0.1) is 0 Å². The molecule has 0 unspecified atom stereocenters. The molecule has 1 aliphatic rings. The van der Waals surface area contributed by atoms with Crippen LogP contribution in [0.1, 0.15) is 28.4 Å². The van der Waals surface area contributed by atoms with Gasteiger partial charge < -0.3 is 10.6 Å². The van der Waals surface area contributed by atoms with Crippen LogP contribution in [-0.4, -0.2) is 30.4 Å². The Morgan fingerprint density at radius 2 is 1.65 bits per heavy atom. The first-order valence-electron chi connectivity index (χ1n) is 11.6. The molecule has 0 fully saturated rings. The molecule has 0 saturated carbocycles. The number of nitrogens with zero attached hydrogens (tertiary/aromatic N) is 1. The first-order chi connectivity index (χ1) is 16.7. The number of hydrazine groups is 1. The lowest BCUT2D eigenvalue weighted by atomic mass is 10.1. The lowest BCUT2D eigenvalue weighted by Crippen LogP contribution is -2.35. The van der Waals surface area contributed by atoms with E-state index < -0.39 is 0 Å². The predicted molar refractivity (Wildman–Crippen MR) is 139 cm³/mol. The minimum atomic E-state index is -0.0746. The second-order valence-corrected chi connectivity index (χ2v) is 8.09. The first-order valence-corrected chi connectivity index (χ1v) is 11.6. The SMILES string of the molecule is CCN(CCNC(=O)c1cccc(NC2=CC=C(c3ccccc3)NN2)c1)Cc1ccccc1. The number of benzene rings is 3. The van der Waals surface area contributed by atoms with Crippen molar-refractivity contribution in [2.45, 2.75) is 13.5 Å². The monoisotopic (exact) mass is 453 g/mol. The Hall–Kier alpha value is -4.03. The van der Waals surface area contributed by atoms with Crippen molar-refractivity contribution >= 4 is 17.3 Å². The van der Waals surface area contributed by atoms with Gasteiger partial charge in [0.15, 0.2) is 0 Å². The topological polar surface area (TPSA) is 68.4 Å². The van der Waals surface area contributed by atoms with Crippen LogP contribution >= 0.6 is 0 Å². The summed E-state index contributed by atoms with van der Waals surface area (Å²) in [4.78, 5) is 15.0. The molecule has 6 nitrogen and oxygen atoms in total. The van der Waals surface area contributed by atoms with Gasteiger partial charge in [0, 0.05) is 30.9 Å². The third-order valence-electron chi connectivity index (χ3n) is 5.65. The average molecular weight is 454 g/mol. The highest BCUT2D eigenvalue weighted by molar-refractivity contribution is 5.95. The van der Waals surface area contributed by atoms with Crippen LogP contribution in [0.2, 0.25) is 0 Å². The maximum absolute atomic E-state index is 12.7. The number of anilines is 1. The van der Waals surface area contributed by atoms with Gasteiger partial charge in [0.25, 0.3) is 5.91 Å². The van der Waals surface area contributed by atoms with Gasteiger partial charge in [0.05, 0.1) is 5.70 Å². The molecule has 6 heteroatoms. The molecular formula is C28H31N5O. The van der Waals surface area contributed by atoms with E-state index in [2.05, 4.69) is 69.7 Å². The smallest absolute Gasteiger partial charge is 0.251 e. The van der Waals surface area contributed by atoms with Gasteiger partial charge >= 0.3 is 0 Å². The van der Waals surface area contributed by atoms with E-state index in [0.29, 0.717) is 12.1 Å². The third kappa shape index (κ3) is 6.49. The van der Waals surface area contributed by atoms with Gasteiger partial charge in [-0.05, 0) is 48.0 Å². The van der Waals surface area contributed by atoms with Gasteiger partial charge in [-0.25, -0.2) is 0 Å². The fraction of sp³-hybridized carbons (Fsp3) is 0.179. The number of allylic oxidation sites excluding steroid dienone is 2. The summed E-state index contributed by atoms with van der Waals surface area (Å²) in [7, 11) is 0. The average Bonchev–Trinajstić information content (AvgIpc) is 2.90. The number of carbonyl (C=O) groups is 1. The van der Waals surface area contributed by atoms with Crippen LogP contribution in [0, 0.1) is 0 Å². The van der Waals surface area contributed by atoms with Crippen molar-refractivity contribution in [2.75, 3.05) is 25.0 Å².